The summed E-state index contributed by atoms with van der Waals surface area (Å²) in [5.41, 5.74) is 6.03. The van der Waals surface area contributed by atoms with Gasteiger partial charge in [0.1, 0.15) is 10.6 Å². The smallest absolute Gasteiger partial charge is 0.344 e. The number of piperazine rings is 1. The standard InChI is InChI=1S/C11H16N4O3S/c1-7(16)14-3-5-15(6-4-14)10-8(11(17)18-2)9(12)13-19-10/h3-6H2,1-2H3,(H2,12,13). The van der Waals surface area contributed by atoms with Gasteiger partial charge < -0.3 is 20.3 Å². The lowest BCUT2D eigenvalue weighted by molar-refractivity contribution is -0.129. The number of nitrogens with zero attached hydrogens (tertiary/aromatic N) is 3. The lowest BCUT2D eigenvalue weighted by Crippen LogP contribution is -2.48. The number of nitrogens with two attached hydrogens (primary N) is 1. The number of ether oxygens (including phenoxy) is 1. The topological polar surface area (TPSA) is 88.8 Å². The van der Waals surface area contributed by atoms with Crippen LogP contribution in [0.4, 0.5) is 10.8 Å². The first-order valence-electron chi connectivity index (χ1n) is 5.88. The molecule has 0 saturated carbocycles. The molecule has 2 N–H and O–H groups in total. The molecule has 19 heavy (non-hydrogen) atoms. The monoisotopic (exact) mass is 284 g/mol. The van der Waals surface area contributed by atoms with E-state index in [0.29, 0.717) is 36.7 Å². The van der Waals surface area contributed by atoms with Crippen LogP contribution in [0.1, 0.15) is 17.3 Å². The average Bonchev–Trinajstić information content (AvgIpc) is 2.80. The van der Waals surface area contributed by atoms with E-state index in [4.69, 9.17) is 10.5 Å². The zero-order chi connectivity index (χ0) is 14.0. The van der Waals surface area contributed by atoms with Gasteiger partial charge in [-0.2, -0.15) is 4.37 Å². The third kappa shape index (κ3) is 2.62. The first-order valence-corrected chi connectivity index (χ1v) is 6.66. The van der Waals surface area contributed by atoms with Gasteiger partial charge in [-0.15, -0.1) is 0 Å². The van der Waals surface area contributed by atoms with Crippen LogP contribution in [0.15, 0.2) is 0 Å². The number of hydrogen-bond acceptors (Lipinski definition) is 7. The lowest BCUT2D eigenvalue weighted by Gasteiger charge is -2.34. The molecule has 2 heterocycles. The molecule has 104 valence electrons. The van der Waals surface area contributed by atoms with Crippen LogP contribution in [-0.2, 0) is 9.53 Å². The molecule has 7 nitrogen and oxygen atoms in total. The third-order valence-electron chi connectivity index (χ3n) is 3.10. The molecular weight excluding hydrogens is 268 g/mol. The van der Waals surface area contributed by atoms with Gasteiger partial charge in [0, 0.05) is 33.1 Å². The second-order valence-corrected chi connectivity index (χ2v) is 4.98. The molecule has 0 unspecified atom stereocenters. The average molecular weight is 284 g/mol. The molecule has 2 rings (SSSR count). The van der Waals surface area contributed by atoms with Gasteiger partial charge in [0.2, 0.25) is 5.91 Å². The molecule has 8 heteroatoms. The highest BCUT2D eigenvalue weighted by Gasteiger charge is 2.27. The molecule has 1 aromatic rings. The van der Waals surface area contributed by atoms with Gasteiger partial charge in [-0.3, -0.25) is 4.79 Å². The Morgan fingerprint density at radius 3 is 2.47 bits per heavy atom. The van der Waals surface area contributed by atoms with Crippen LogP contribution in [0.3, 0.4) is 0 Å². The minimum absolute atomic E-state index is 0.0664. The van der Waals surface area contributed by atoms with E-state index in [2.05, 4.69) is 4.37 Å². The minimum Gasteiger partial charge on any atom is -0.465 e. The highest BCUT2D eigenvalue weighted by atomic mass is 32.1. The first-order chi connectivity index (χ1) is 9.04. The quantitative estimate of drug-likeness (QED) is 0.779. The Kier molecular flexibility index (Phi) is 3.89. The van der Waals surface area contributed by atoms with Crippen molar-refractivity contribution < 1.29 is 14.3 Å². The number of rotatable bonds is 2. The molecule has 0 bridgehead atoms. The number of esters is 1. The maximum atomic E-state index is 11.7. The summed E-state index contributed by atoms with van der Waals surface area (Å²) in [6.07, 6.45) is 0. The summed E-state index contributed by atoms with van der Waals surface area (Å²) >= 11 is 1.18. The molecule has 0 radical (unpaired) electrons. The summed E-state index contributed by atoms with van der Waals surface area (Å²) < 4.78 is 8.73. The Morgan fingerprint density at radius 1 is 1.32 bits per heavy atom. The van der Waals surface area contributed by atoms with Gasteiger partial charge in [0.15, 0.2) is 5.82 Å². The molecule has 0 aliphatic carbocycles. The van der Waals surface area contributed by atoms with Crippen molar-refractivity contribution in [3.05, 3.63) is 5.56 Å². The van der Waals surface area contributed by atoms with Crippen molar-refractivity contribution in [2.75, 3.05) is 43.9 Å². The molecule has 1 saturated heterocycles. The van der Waals surface area contributed by atoms with Crippen molar-refractivity contribution in [2.45, 2.75) is 6.92 Å². The summed E-state index contributed by atoms with van der Waals surface area (Å²) in [5, 5.41) is 0.715. The number of amides is 1. The van der Waals surface area contributed by atoms with Crippen LogP contribution in [0.2, 0.25) is 0 Å². The fourth-order valence-electron chi connectivity index (χ4n) is 2.03. The zero-order valence-electron chi connectivity index (χ0n) is 10.9. The zero-order valence-corrected chi connectivity index (χ0v) is 11.7. The maximum Gasteiger partial charge on any atom is 0.344 e. The van der Waals surface area contributed by atoms with E-state index in [0.717, 1.165) is 0 Å². The number of methoxy groups -OCH3 is 1. The lowest BCUT2D eigenvalue weighted by atomic mass is 10.2. The van der Waals surface area contributed by atoms with Gasteiger partial charge in [-0.05, 0) is 11.5 Å². The summed E-state index contributed by atoms with van der Waals surface area (Å²) in [5.74, 6) is -0.215. The normalized spacial score (nSPS) is 15.5. The van der Waals surface area contributed by atoms with Crippen LogP contribution in [-0.4, -0.2) is 54.4 Å². The van der Waals surface area contributed by atoms with Crippen molar-refractivity contribution >= 4 is 34.2 Å². The van der Waals surface area contributed by atoms with Gasteiger partial charge >= 0.3 is 5.97 Å². The van der Waals surface area contributed by atoms with E-state index in [1.54, 1.807) is 11.8 Å². The van der Waals surface area contributed by atoms with Crippen LogP contribution in [0, 0.1) is 0 Å². The minimum atomic E-state index is -0.477. The predicted octanol–water partition coefficient (Wildman–Crippen LogP) is 0.180. The maximum absolute atomic E-state index is 11.7. The molecule has 1 aliphatic rings. The summed E-state index contributed by atoms with van der Waals surface area (Å²) in [4.78, 5) is 26.8. The highest BCUT2D eigenvalue weighted by molar-refractivity contribution is 7.11. The molecule has 1 aromatic heterocycles. The largest absolute Gasteiger partial charge is 0.465 e. The molecular formula is C11H16N4O3S. The van der Waals surface area contributed by atoms with Crippen LogP contribution in [0.5, 0.6) is 0 Å². The molecule has 0 aromatic carbocycles. The van der Waals surface area contributed by atoms with Crippen LogP contribution < -0.4 is 10.6 Å². The molecule has 1 aliphatic heterocycles. The summed E-state index contributed by atoms with van der Waals surface area (Å²) in [7, 11) is 1.32. The van der Waals surface area contributed by atoms with E-state index < -0.39 is 5.97 Å². The van der Waals surface area contributed by atoms with Crippen LogP contribution >= 0.6 is 11.5 Å². The Labute approximate surface area is 115 Å². The number of aromatic nitrogens is 1. The number of hydrogen-bond donors (Lipinski definition) is 1. The van der Waals surface area contributed by atoms with E-state index in [9.17, 15) is 9.59 Å². The van der Waals surface area contributed by atoms with E-state index >= 15 is 0 Å². The second kappa shape index (κ2) is 5.43. The van der Waals surface area contributed by atoms with Gasteiger partial charge in [0.25, 0.3) is 0 Å². The number of carbonyl (C=O) groups is 2. The molecule has 0 spiro atoms. The number of carbonyl (C=O) groups excluding carboxylic acids is 2. The summed E-state index contributed by atoms with van der Waals surface area (Å²) in [6.45, 7) is 4.14. The van der Waals surface area contributed by atoms with Crippen molar-refractivity contribution in [2.24, 2.45) is 0 Å². The Bertz CT molecular complexity index is 494. The van der Waals surface area contributed by atoms with Crippen molar-refractivity contribution in [1.29, 1.82) is 0 Å². The Balaban J connectivity index is 2.16. The van der Waals surface area contributed by atoms with Crippen molar-refractivity contribution in [3.63, 3.8) is 0 Å². The molecule has 0 atom stereocenters. The van der Waals surface area contributed by atoms with Gasteiger partial charge in [0.05, 0.1) is 7.11 Å². The highest BCUT2D eigenvalue weighted by Crippen LogP contribution is 2.31. The fourth-order valence-corrected chi connectivity index (χ4v) is 2.88. The SMILES string of the molecule is COC(=O)c1c(N)nsc1N1CCN(C(C)=O)CC1. The molecule has 1 amide bonds. The third-order valence-corrected chi connectivity index (χ3v) is 4.03. The second-order valence-electron chi connectivity index (χ2n) is 4.23. The fraction of sp³-hybridized carbons (Fsp3) is 0.545. The summed E-state index contributed by atoms with van der Waals surface area (Å²) in [6, 6.07) is 0. The first kappa shape index (κ1) is 13.6. The number of nitrogen functional groups attached to an aromatic ring is 1. The Morgan fingerprint density at radius 2 is 1.95 bits per heavy atom. The number of anilines is 2. The van der Waals surface area contributed by atoms with Gasteiger partial charge in [-0.1, -0.05) is 0 Å². The van der Waals surface area contributed by atoms with Gasteiger partial charge in [-0.25, -0.2) is 4.79 Å². The Hall–Kier alpha value is -1.83. The van der Waals surface area contributed by atoms with E-state index in [1.165, 1.54) is 18.6 Å². The van der Waals surface area contributed by atoms with Crippen LogP contribution in [0.25, 0.3) is 0 Å². The van der Waals surface area contributed by atoms with E-state index in [-0.39, 0.29) is 11.7 Å². The van der Waals surface area contributed by atoms with E-state index in [1.807, 2.05) is 4.90 Å². The van der Waals surface area contributed by atoms with Crippen molar-refractivity contribution in [1.82, 2.24) is 9.27 Å². The molecule has 1 fully saturated rings. The predicted molar refractivity (Wildman–Crippen MR) is 72.3 cm³/mol. The van der Waals surface area contributed by atoms with Crippen molar-refractivity contribution in [3.8, 4) is 0 Å².